The van der Waals surface area contributed by atoms with E-state index in [4.69, 9.17) is 9.47 Å². The summed E-state index contributed by atoms with van der Waals surface area (Å²) >= 11 is 0. The van der Waals surface area contributed by atoms with Crippen LogP contribution in [0.1, 0.15) is 31.0 Å². The van der Waals surface area contributed by atoms with Gasteiger partial charge in [-0.25, -0.2) is 4.98 Å². The number of anilines is 1. The SMILES string of the molecule is COCCCNc1cc(OC)nc(C2CC2)n1. The molecule has 1 aliphatic rings. The lowest BCUT2D eigenvalue weighted by Crippen LogP contribution is -2.08. The lowest BCUT2D eigenvalue weighted by Gasteiger charge is -2.08. The topological polar surface area (TPSA) is 56.3 Å². The van der Waals surface area contributed by atoms with E-state index in [9.17, 15) is 0 Å². The van der Waals surface area contributed by atoms with Crippen molar-refractivity contribution in [2.45, 2.75) is 25.2 Å². The molecule has 5 heteroatoms. The third kappa shape index (κ3) is 3.56. The predicted molar refractivity (Wildman–Crippen MR) is 65.5 cm³/mol. The summed E-state index contributed by atoms with van der Waals surface area (Å²) in [5.74, 6) is 2.91. The van der Waals surface area contributed by atoms with Crippen LogP contribution in [0, 0.1) is 0 Å². The van der Waals surface area contributed by atoms with Gasteiger partial charge in [-0.2, -0.15) is 4.98 Å². The molecule has 2 rings (SSSR count). The van der Waals surface area contributed by atoms with E-state index in [1.165, 1.54) is 12.8 Å². The maximum Gasteiger partial charge on any atom is 0.218 e. The summed E-state index contributed by atoms with van der Waals surface area (Å²) < 4.78 is 10.2. The van der Waals surface area contributed by atoms with Crippen molar-refractivity contribution in [1.29, 1.82) is 0 Å². The molecule has 0 radical (unpaired) electrons. The van der Waals surface area contributed by atoms with Crippen LogP contribution in [-0.2, 0) is 4.74 Å². The summed E-state index contributed by atoms with van der Waals surface area (Å²) in [6.45, 7) is 1.60. The Morgan fingerprint density at radius 1 is 1.35 bits per heavy atom. The Labute approximate surface area is 102 Å². The Morgan fingerprint density at radius 2 is 2.18 bits per heavy atom. The lowest BCUT2D eigenvalue weighted by molar-refractivity contribution is 0.197. The second kappa shape index (κ2) is 5.82. The molecular weight excluding hydrogens is 218 g/mol. The highest BCUT2D eigenvalue weighted by Crippen LogP contribution is 2.39. The Balaban J connectivity index is 1.97. The molecule has 0 unspecified atom stereocenters. The van der Waals surface area contributed by atoms with Crippen LogP contribution in [0.2, 0.25) is 0 Å². The fourth-order valence-electron chi connectivity index (χ4n) is 1.60. The molecule has 94 valence electrons. The van der Waals surface area contributed by atoms with Gasteiger partial charge in [0.25, 0.3) is 0 Å². The molecule has 1 fully saturated rings. The zero-order valence-electron chi connectivity index (χ0n) is 10.4. The van der Waals surface area contributed by atoms with Crippen molar-refractivity contribution in [3.8, 4) is 5.88 Å². The van der Waals surface area contributed by atoms with Crippen LogP contribution in [-0.4, -0.2) is 37.3 Å². The molecule has 0 atom stereocenters. The minimum Gasteiger partial charge on any atom is -0.481 e. The molecule has 1 heterocycles. The highest BCUT2D eigenvalue weighted by molar-refractivity contribution is 5.39. The van der Waals surface area contributed by atoms with Gasteiger partial charge in [-0.3, -0.25) is 0 Å². The largest absolute Gasteiger partial charge is 0.481 e. The molecule has 0 saturated heterocycles. The summed E-state index contributed by atoms with van der Waals surface area (Å²) in [6, 6.07) is 1.83. The van der Waals surface area contributed by atoms with Gasteiger partial charge < -0.3 is 14.8 Å². The third-order valence-corrected chi connectivity index (χ3v) is 2.70. The first-order valence-corrected chi connectivity index (χ1v) is 5.99. The number of nitrogens with one attached hydrogen (secondary N) is 1. The molecule has 0 aliphatic heterocycles. The van der Waals surface area contributed by atoms with Crippen molar-refractivity contribution >= 4 is 5.82 Å². The number of hydrogen-bond donors (Lipinski definition) is 1. The maximum absolute atomic E-state index is 5.19. The Morgan fingerprint density at radius 3 is 2.82 bits per heavy atom. The normalized spacial score (nSPS) is 14.7. The van der Waals surface area contributed by atoms with E-state index in [0.29, 0.717) is 11.8 Å². The van der Waals surface area contributed by atoms with Crippen molar-refractivity contribution in [1.82, 2.24) is 9.97 Å². The van der Waals surface area contributed by atoms with Crippen LogP contribution in [0.4, 0.5) is 5.82 Å². The molecule has 1 saturated carbocycles. The maximum atomic E-state index is 5.19. The van der Waals surface area contributed by atoms with Crippen LogP contribution in [0.25, 0.3) is 0 Å². The molecule has 1 aromatic rings. The van der Waals surface area contributed by atoms with Crippen molar-refractivity contribution in [2.24, 2.45) is 0 Å². The van der Waals surface area contributed by atoms with Crippen LogP contribution in [0.15, 0.2) is 6.07 Å². The average Bonchev–Trinajstić information content (AvgIpc) is 3.18. The second-order valence-corrected chi connectivity index (χ2v) is 4.20. The number of rotatable bonds is 7. The molecule has 0 amide bonds. The Kier molecular flexibility index (Phi) is 4.14. The first-order chi connectivity index (χ1) is 8.33. The van der Waals surface area contributed by atoms with E-state index in [1.807, 2.05) is 6.07 Å². The zero-order chi connectivity index (χ0) is 12.1. The van der Waals surface area contributed by atoms with Gasteiger partial charge >= 0.3 is 0 Å². The Hall–Kier alpha value is -1.36. The summed E-state index contributed by atoms with van der Waals surface area (Å²) in [5, 5.41) is 3.27. The van der Waals surface area contributed by atoms with Gasteiger partial charge in [0.1, 0.15) is 11.6 Å². The molecule has 0 aromatic carbocycles. The summed E-state index contributed by atoms with van der Waals surface area (Å²) in [7, 11) is 3.34. The zero-order valence-corrected chi connectivity index (χ0v) is 10.4. The van der Waals surface area contributed by atoms with Crippen molar-refractivity contribution < 1.29 is 9.47 Å². The lowest BCUT2D eigenvalue weighted by atomic mass is 10.3. The van der Waals surface area contributed by atoms with Crippen LogP contribution in [0.3, 0.4) is 0 Å². The number of nitrogens with zero attached hydrogens (tertiary/aromatic N) is 2. The van der Waals surface area contributed by atoms with Crippen molar-refractivity contribution in [3.05, 3.63) is 11.9 Å². The number of ether oxygens (including phenoxy) is 2. The molecular formula is C12H19N3O2. The van der Waals surface area contributed by atoms with E-state index < -0.39 is 0 Å². The second-order valence-electron chi connectivity index (χ2n) is 4.20. The van der Waals surface area contributed by atoms with Gasteiger partial charge in [-0.1, -0.05) is 0 Å². The third-order valence-electron chi connectivity index (χ3n) is 2.70. The molecule has 1 aliphatic carbocycles. The smallest absolute Gasteiger partial charge is 0.218 e. The first-order valence-electron chi connectivity index (χ1n) is 5.99. The number of methoxy groups -OCH3 is 2. The van der Waals surface area contributed by atoms with Gasteiger partial charge in [0.2, 0.25) is 5.88 Å². The number of hydrogen-bond acceptors (Lipinski definition) is 5. The highest BCUT2D eigenvalue weighted by atomic mass is 16.5. The van der Waals surface area contributed by atoms with E-state index in [2.05, 4.69) is 15.3 Å². The predicted octanol–water partition coefficient (Wildman–Crippen LogP) is 1.81. The first kappa shape index (κ1) is 12.1. The quantitative estimate of drug-likeness (QED) is 0.733. The van der Waals surface area contributed by atoms with E-state index in [-0.39, 0.29) is 0 Å². The van der Waals surface area contributed by atoms with Crippen LogP contribution < -0.4 is 10.1 Å². The molecule has 5 nitrogen and oxygen atoms in total. The minimum atomic E-state index is 0.532. The van der Waals surface area contributed by atoms with E-state index in [1.54, 1.807) is 14.2 Å². The van der Waals surface area contributed by atoms with E-state index in [0.717, 1.165) is 31.2 Å². The molecule has 1 N–H and O–H groups in total. The van der Waals surface area contributed by atoms with Crippen molar-refractivity contribution in [2.75, 3.05) is 32.7 Å². The summed E-state index contributed by atoms with van der Waals surface area (Å²) in [5.41, 5.74) is 0. The van der Waals surface area contributed by atoms with Crippen molar-refractivity contribution in [3.63, 3.8) is 0 Å². The van der Waals surface area contributed by atoms with E-state index >= 15 is 0 Å². The fourth-order valence-corrected chi connectivity index (χ4v) is 1.60. The molecule has 1 aromatic heterocycles. The summed E-state index contributed by atoms with van der Waals surface area (Å²) in [6.07, 6.45) is 3.34. The fraction of sp³-hybridized carbons (Fsp3) is 0.667. The van der Waals surface area contributed by atoms with Gasteiger partial charge in [0.05, 0.1) is 7.11 Å². The highest BCUT2D eigenvalue weighted by Gasteiger charge is 2.27. The standard InChI is InChI=1S/C12H19N3O2/c1-16-7-3-6-13-10-8-11(17-2)15-12(14-10)9-4-5-9/h8-9H,3-7H2,1-2H3,(H,13,14,15). The number of aromatic nitrogens is 2. The molecule has 17 heavy (non-hydrogen) atoms. The van der Waals surface area contributed by atoms with Crippen LogP contribution >= 0.6 is 0 Å². The van der Waals surface area contributed by atoms with Gasteiger partial charge in [0.15, 0.2) is 0 Å². The summed E-state index contributed by atoms with van der Waals surface area (Å²) in [4.78, 5) is 8.86. The molecule has 0 bridgehead atoms. The molecule has 0 spiro atoms. The van der Waals surface area contributed by atoms with Gasteiger partial charge in [0, 0.05) is 32.2 Å². The van der Waals surface area contributed by atoms with Gasteiger partial charge in [-0.05, 0) is 19.3 Å². The van der Waals surface area contributed by atoms with Gasteiger partial charge in [-0.15, -0.1) is 0 Å². The minimum absolute atomic E-state index is 0.532. The average molecular weight is 237 g/mol. The van der Waals surface area contributed by atoms with Crippen LogP contribution in [0.5, 0.6) is 5.88 Å². The monoisotopic (exact) mass is 237 g/mol. The Bertz CT molecular complexity index is 367.